The summed E-state index contributed by atoms with van der Waals surface area (Å²) in [7, 11) is 1.91. The number of hydrogen-bond donors (Lipinski definition) is 1. The summed E-state index contributed by atoms with van der Waals surface area (Å²) in [5.41, 5.74) is 3.34. The van der Waals surface area contributed by atoms with Crippen molar-refractivity contribution in [2.45, 2.75) is 33.9 Å². The van der Waals surface area contributed by atoms with Crippen LogP contribution in [0.15, 0.2) is 15.0 Å². The van der Waals surface area contributed by atoms with E-state index in [1.807, 2.05) is 25.6 Å². The smallest absolute Gasteiger partial charge is 0.118 e. The summed E-state index contributed by atoms with van der Waals surface area (Å²) in [6.07, 6.45) is 0. The van der Waals surface area contributed by atoms with Gasteiger partial charge >= 0.3 is 0 Å². The summed E-state index contributed by atoms with van der Waals surface area (Å²) < 4.78 is 8.77. The number of nitrogens with zero attached hydrogens (tertiary/aromatic N) is 2. The first-order valence-electron chi connectivity index (χ1n) is 5.95. The van der Waals surface area contributed by atoms with E-state index < -0.39 is 0 Å². The largest absolute Gasteiger partial charge is 0.465 e. The Morgan fingerprint density at radius 1 is 1.39 bits per heavy atom. The number of hydrogen-bond acceptors (Lipinski definition) is 3. The van der Waals surface area contributed by atoms with Crippen LogP contribution in [0.1, 0.15) is 28.5 Å². The Bertz CT molecular complexity index is 557. The summed E-state index contributed by atoms with van der Waals surface area (Å²) in [6, 6.07) is 2.09. The lowest BCUT2D eigenvalue weighted by Crippen LogP contribution is -2.05. The third-order valence-corrected chi connectivity index (χ3v) is 4.18. The molecule has 2 rings (SSSR count). The summed E-state index contributed by atoms with van der Waals surface area (Å²) in [5.74, 6) is 1.93. The van der Waals surface area contributed by atoms with Crippen LogP contribution in [0.4, 0.5) is 0 Å². The third kappa shape index (κ3) is 2.52. The molecule has 4 nitrogen and oxygen atoms in total. The van der Waals surface area contributed by atoms with Gasteiger partial charge in [-0.3, -0.25) is 4.68 Å². The van der Waals surface area contributed by atoms with E-state index in [0.29, 0.717) is 0 Å². The van der Waals surface area contributed by atoms with Gasteiger partial charge in [0.05, 0.1) is 29.0 Å². The van der Waals surface area contributed by atoms with Gasteiger partial charge in [-0.25, -0.2) is 0 Å². The van der Waals surface area contributed by atoms with E-state index in [1.165, 1.54) is 5.56 Å². The van der Waals surface area contributed by atoms with Gasteiger partial charge in [0.25, 0.3) is 0 Å². The van der Waals surface area contributed by atoms with Crippen LogP contribution in [0, 0.1) is 20.8 Å². The Kier molecular flexibility index (Phi) is 3.92. The van der Waals surface area contributed by atoms with Gasteiger partial charge in [0, 0.05) is 5.56 Å². The zero-order valence-corrected chi connectivity index (χ0v) is 12.8. The maximum atomic E-state index is 5.69. The first kappa shape index (κ1) is 13.4. The first-order valence-corrected chi connectivity index (χ1v) is 6.74. The zero-order chi connectivity index (χ0) is 13.3. The number of aromatic nitrogens is 2. The molecule has 0 aliphatic heterocycles. The number of halogens is 1. The van der Waals surface area contributed by atoms with E-state index in [-0.39, 0.29) is 0 Å². The van der Waals surface area contributed by atoms with Crippen molar-refractivity contribution in [1.82, 2.24) is 15.1 Å². The number of furan rings is 1. The molecule has 0 radical (unpaired) electrons. The Labute approximate surface area is 115 Å². The third-order valence-electron chi connectivity index (χ3n) is 3.04. The van der Waals surface area contributed by atoms with Crippen LogP contribution < -0.4 is 5.32 Å². The highest BCUT2D eigenvalue weighted by atomic mass is 79.9. The highest BCUT2D eigenvalue weighted by Gasteiger charge is 2.12. The maximum absolute atomic E-state index is 5.69. The van der Waals surface area contributed by atoms with Crippen molar-refractivity contribution in [3.8, 4) is 0 Å². The molecule has 2 heterocycles. The number of aryl methyl sites for hydroxylation is 2. The molecule has 2 aromatic heterocycles. The van der Waals surface area contributed by atoms with E-state index >= 15 is 0 Å². The van der Waals surface area contributed by atoms with Crippen molar-refractivity contribution < 1.29 is 4.42 Å². The predicted octanol–water partition coefficient (Wildman–Crippen LogP) is 2.93. The molecule has 5 heteroatoms. The molecule has 0 fully saturated rings. The van der Waals surface area contributed by atoms with Gasteiger partial charge < -0.3 is 9.73 Å². The van der Waals surface area contributed by atoms with Crippen LogP contribution in [0.2, 0.25) is 0 Å². The number of rotatable bonds is 4. The molecule has 0 aliphatic carbocycles. The fourth-order valence-corrected chi connectivity index (χ4v) is 2.28. The molecule has 0 saturated heterocycles. The molecule has 1 N–H and O–H groups in total. The summed E-state index contributed by atoms with van der Waals surface area (Å²) >= 11 is 3.55. The van der Waals surface area contributed by atoms with E-state index in [2.05, 4.69) is 39.3 Å². The summed E-state index contributed by atoms with van der Waals surface area (Å²) in [6.45, 7) is 7.56. The van der Waals surface area contributed by atoms with E-state index in [4.69, 9.17) is 4.42 Å². The molecule has 0 saturated carbocycles. The fraction of sp³-hybridized carbons (Fsp3) is 0.462. The SMILES string of the molecule is CNCc1cc(Cn2nc(C)c(Br)c2C)c(C)o1. The lowest BCUT2D eigenvalue weighted by Gasteiger charge is -2.02. The Hall–Kier alpha value is -1.07. The van der Waals surface area contributed by atoms with Gasteiger partial charge in [-0.15, -0.1) is 0 Å². The molecular weight excluding hydrogens is 294 g/mol. The van der Waals surface area contributed by atoms with Gasteiger partial charge in [-0.1, -0.05) is 0 Å². The zero-order valence-electron chi connectivity index (χ0n) is 11.2. The molecule has 0 spiro atoms. The number of nitrogens with one attached hydrogen (secondary N) is 1. The predicted molar refractivity (Wildman–Crippen MR) is 74.7 cm³/mol. The molecule has 0 aromatic carbocycles. The van der Waals surface area contributed by atoms with Crippen molar-refractivity contribution in [3.63, 3.8) is 0 Å². The van der Waals surface area contributed by atoms with E-state index in [0.717, 1.165) is 40.5 Å². The van der Waals surface area contributed by atoms with Crippen LogP contribution in [-0.4, -0.2) is 16.8 Å². The average molecular weight is 312 g/mol. The normalized spacial score (nSPS) is 11.2. The van der Waals surface area contributed by atoms with Crippen molar-refractivity contribution >= 4 is 15.9 Å². The van der Waals surface area contributed by atoms with E-state index in [9.17, 15) is 0 Å². The van der Waals surface area contributed by atoms with Crippen molar-refractivity contribution in [1.29, 1.82) is 0 Å². The maximum Gasteiger partial charge on any atom is 0.118 e. The van der Waals surface area contributed by atoms with Crippen LogP contribution in [0.25, 0.3) is 0 Å². The molecule has 0 bridgehead atoms. The standard InChI is InChI=1S/C13H18BrN3O/c1-8-13(14)9(2)17(16-8)7-11-5-12(6-15-4)18-10(11)3/h5,15H,6-7H2,1-4H3. The van der Waals surface area contributed by atoms with Gasteiger partial charge in [0.1, 0.15) is 11.5 Å². The molecule has 0 amide bonds. The van der Waals surface area contributed by atoms with Gasteiger partial charge in [0.15, 0.2) is 0 Å². The molecule has 18 heavy (non-hydrogen) atoms. The van der Waals surface area contributed by atoms with Crippen molar-refractivity contribution in [2.24, 2.45) is 0 Å². The lowest BCUT2D eigenvalue weighted by atomic mass is 10.2. The molecule has 2 aromatic rings. The summed E-state index contributed by atoms with van der Waals surface area (Å²) in [4.78, 5) is 0. The second-order valence-electron chi connectivity index (χ2n) is 4.47. The van der Waals surface area contributed by atoms with Crippen LogP contribution in [-0.2, 0) is 13.1 Å². The second-order valence-corrected chi connectivity index (χ2v) is 5.26. The van der Waals surface area contributed by atoms with Crippen molar-refractivity contribution in [3.05, 3.63) is 39.0 Å². The van der Waals surface area contributed by atoms with E-state index in [1.54, 1.807) is 0 Å². The van der Waals surface area contributed by atoms with Gasteiger partial charge in [-0.2, -0.15) is 5.10 Å². The minimum atomic E-state index is 0.747. The highest BCUT2D eigenvalue weighted by Crippen LogP contribution is 2.22. The molecule has 0 aliphatic rings. The van der Waals surface area contributed by atoms with Crippen LogP contribution >= 0.6 is 15.9 Å². The Morgan fingerprint density at radius 3 is 2.67 bits per heavy atom. The monoisotopic (exact) mass is 311 g/mol. The van der Waals surface area contributed by atoms with Gasteiger partial charge in [0.2, 0.25) is 0 Å². The Balaban J connectivity index is 2.25. The molecule has 0 atom stereocenters. The first-order chi connectivity index (χ1) is 8.52. The van der Waals surface area contributed by atoms with Crippen LogP contribution in [0.3, 0.4) is 0 Å². The Morgan fingerprint density at radius 2 is 2.11 bits per heavy atom. The fourth-order valence-electron chi connectivity index (χ4n) is 2.00. The topological polar surface area (TPSA) is 43.0 Å². The second kappa shape index (κ2) is 5.28. The minimum absolute atomic E-state index is 0.747. The molecule has 0 unspecified atom stereocenters. The minimum Gasteiger partial charge on any atom is -0.465 e. The molecular formula is C13H18BrN3O. The van der Waals surface area contributed by atoms with Gasteiger partial charge in [-0.05, 0) is 49.8 Å². The quantitative estimate of drug-likeness (QED) is 0.944. The summed E-state index contributed by atoms with van der Waals surface area (Å²) in [5, 5.41) is 7.60. The van der Waals surface area contributed by atoms with Crippen molar-refractivity contribution in [2.75, 3.05) is 7.05 Å². The highest BCUT2D eigenvalue weighted by molar-refractivity contribution is 9.10. The average Bonchev–Trinajstić information content (AvgIpc) is 2.77. The van der Waals surface area contributed by atoms with Crippen LogP contribution in [0.5, 0.6) is 0 Å². The molecule has 98 valence electrons. The lowest BCUT2D eigenvalue weighted by molar-refractivity contribution is 0.467.